The summed E-state index contributed by atoms with van der Waals surface area (Å²) in [5.74, 6) is 0. The molecule has 98 valence electrons. The van der Waals surface area contributed by atoms with Crippen LogP contribution in [0.15, 0.2) is 66.7 Å². The molecule has 0 aliphatic carbocycles. The number of hydrogen-bond acceptors (Lipinski definition) is 2. The van der Waals surface area contributed by atoms with Crippen molar-refractivity contribution in [3.8, 4) is 0 Å². The molecule has 2 rings (SSSR count). The van der Waals surface area contributed by atoms with E-state index in [9.17, 15) is 0 Å². The quantitative estimate of drug-likeness (QED) is 0.879. The molecule has 2 aromatic carbocycles. The third kappa shape index (κ3) is 3.53. The lowest BCUT2D eigenvalue weighted by molar-refractivity contribution is 0.599. The van der Waals surface area contributed by atoms with Gasteiger partial charge in [0.1, 0.15) is 0 Å². The molecular weight excluding hydrogens is 232 g/mol. The van der Waals surface area contributed by atoms with Crippen molar-refractivity contribution in [2.75, 3.05) is 6.54 Å². The largest absolute Gasteiger partial charge is 0.328 e. The SMILES string of the molecule is CC(N)(C=C(c1ccccc1)c1ccccc1)CN. The highest BCUT2D eigenvalue weighted by molar-refractivity contribution is 5.80. The van der Waals surface area contributed by atoms with Crippen molar-refractivity contribution in [1.29, 1.82) is 0 Å². The lowest BCUT2D eigenvalue weighted by Crippen LogP contribution is -2.42. The van der Waals surface area contributed by atoms with Crippen LogP contribution < -0.4 is 11.5 Å². The molecule has 0 fully saturated rings. The Bertz CT molecular complexity index is 500. The third-order valence-corrected chi connectivity index (χ3v) is 3.08. The fourth-order valence-electron chi connectivity index (χ4n) is 1.96. The average molecular weight is 252 g/mol. The summed E-state index contributed by atoms with van der Waals surface area (Å²) in [5, 5.41) is 0. The molecule has 2 nitrogen and oxygen atoms in total. The van der Waals surface area contributed by atoms with Crippen molar-refractivity contribution in [2.45, 2.75) is 12.5 Å². The lowest BCUT2D eigenvalue weighted by Gasteiger charge is -2.20. The van der Waals surface area contributed by atoms with E-state index in [0.29, 0.717) is 6.54 Å². The van der Waals surface area contributed by atoms with E-state index in [2.05, 4.69) is 30.3 Å². The molecular formula is C17H20N2. The molecule has 0 bridgehead atoms. The lowest BCUT2D eigenvalue weighted by atomic mass is 9.91. The highest BCUT2D eigenvalue weighted by Gasteiger charge is 2.15. The summed E-state index contributed by atoms with van der Waals surface area (Å²) >= 11 is 0. The zero-order chi connectivity index (χ0) is 13.7. The standard InChI is InChI=1S/C17H20N2/c1-17(19,13-18)12-16(14-8-4-2-5-9-14)15-10-6-3-7-11-15/h2-12H,13,18-19H2,1H3. The van der Waals surface area contributed by atoms with Crippen LogP contribution in [-0.4, -0.2) is 12.1 Å². The van der Waals surface area contributed by atoms with Crippen molar-refractivity contribution in [1.82, 2.24) is 0 Å². The van der Waals surface area contributed by atoms with Gasteiger partial charge in [-0.25, -0.2) is 0 Å². The van der Waals surface area contributed by atoms with Gasteiger partial charge in [-0.15, -0.1) is 0 Å². The Morgan fingerprint density at radius 3 is 1.74 bits per heavy atom. The number of benzene rings is 2. The van der Waals surface area contributed by atoms with Crippen molar-refractivity contribution in [3.63, 3.8) is 0 Å². The molecule has 0 saturated heterocycles. The van der Waals surface area contributed by atoms with Crippen LogP contribution in [0.25, 0.3) is 5.57 Å². The summed E-state index contributed by atoms with van der Waals surface area (Å²) in [5.41, 5.74) is 14.8. The summed E-state index contributed by atoms with van der Waals surface area (Å²) in [6.07, 6.45) is 2.05. The molecule has 4 N–H and O–H groups in total. The topological polar surface area (TPSA) is 52.0 Å². The molecule has 0 amide bonds. The van der Waals surface area contributed by atoms with Crippen molar-refractivity contribution in [3.05, 3.63) is 77.9 Å². The van der Waals surface area contributed by atoms with E-state index in [1.807, 2.05) is 43.3 Å². The van der Waals surface area contributed by atoms with Crippen LogP contribution in [0.3, 0.4) is 0 Å². The Morgan fingerprint density at radius 1 is 0.947 bits per heavy atom. The number of nitrogens with two attached hydrogens (primary N) is 2. The number of rotatable bonds is 4. The van der Waals surface area contributed by atoms with Crippen molar-refractivity contribution >= 4 is 5.57 Å². The Morgan fingerprint density at radius 2 is 1.37 bits per heavy atom. The van der Waals surface area contributed by atoms with E-state index in [4.69, 9.17) is 11.5 Å². The van der Waals surface area contributed by atoms with Crippen LogP contribution in [0.5, 0.6) is 0 Å². The fourth-order valence-corrected chi connectivity index (χ4v) is 1.96. The predicted molar refractivity (Wildman–Crippen MR) is 81.6 cm³/mol. The Kier molecular flexibility index (Phi) is 4.15. The molecule has 0 radical (unpaired) electrons. The highest BCUT2D eigenvalue weighted by atomic mass is 14.8. The minimum atomic E-state index is -0.513. The molecule has 0 aromatic heterocycles. The monoisotopic (exact) mass is 252 g/mol. The minimum Gasteiger partial charge on any atom is -0.328 e. The molecule has 0 spiro atoms. The van der Waals surface area contributed by atoms with Gasteiger partial charge in [-0.3, -0.25) is 0 Å². The second kappa shape index (κ2) is 5.83. The van der Waals surface area contributed by atoms with E-state index < -0.39 is 5.54 Å². The molecule has 0 heterocycles. The molecule has 0 saturated carbocycles. The third-order valence-electron chi connectivity index (χ3n) is 3.08. The average Bonchev–Trinajstić information content (AvgIpc) is 2.47. The van der Waals surface area contributed by atoms with Gasteiger partial charge in [-0.05, 0) is 23.6 Å². The Labute approximate surface area is 114 Å². The zero-order valence-electron chi connectivity index (χ0n) is 11.2. The Hall–Kier alpha value is -1.90. The second-order valence-electron chi connectivity index (χ2n) is 5.00. The molecule has 1 atom stereocenters. The molecule has 0 aliphatic heterocycles. The van der Waals surface area contributed by atoms with Crippen LogP contribution >= 0.6 is 0 Å². The highest BCUT2D eigenvalue weighted by Crippen LogP contribution is 2.25. The van der Waals surface area contributed by atoms with Gasteiger partial charge in [0, 0.05) is 12.1 Å². The smallest absolute Gasteiger partial charge is 0.0444 e. The predicted octanol–water partition coefficient (Wildman–Crippen LogP) is 2.79. The van der Waals surface area contributed by atoms with Gasteiger partial charge in [-0.2, -0.15) is 0 Å². The molecule has 2 aromatic rings. The fraction of sp³-hybridized carbons (Fsp3) is 0.176. The van der Waals surface area contributed by atoms with Crippen molar-refractivity contribution < 1.29 is 0 Å². The first-order valence-electron chi connectivity index (χ1n) is 6.45. The summed E-state index contributed by atoms with van der Waals surface area (Å²) in [6, 6.07) is 20.5. The van der Waals surface area contributed by atoms with Crippen molar-refractivity contribution in [2.24, 2.45) is 11.5 Å². The van der Waals surface area contributed by atoms with Crippen LogP contribution in [-0.2, 0) is 0 Å². The van der Waals surface area contributed by atoms with Gasteiger partial charge in [-0.1, -0.05) is 66.7 Å². The van der Waals surface area contributed by atoms with E-state index in [1.54, 1.807) is 0 Å². The minimum absolute atomic E-state index is 0.413. The van der Waals surface area contributed by atoms with E-state index in [1.165, 1.54) is 0 Å². The van der Waals surface area contributed by atoms with Gasteiger partial charge in [0.25, 0.3) is 0 Å². The maximum absolute atomic E-state index is 6.19. The van der Waals surface area contributed by atoms with Crippen LogP contribution in [0.4, 0.5) is 0 Å². The van der Waals surface area contributed by atoms with Crippen LogP contribution in [0.1, 0.15) is 18.1 Å². The van der Waals surface area contributed by atoms with E-state index in [0.717, 1.165) is 16.7 Å². The maximum atomic E-state index is 6.19. The zero-order valence-corrected chi connectivity index (χ0v) is 11.2. The normalized spacial score (nSPS) is 13.6. The first kappa shape index (κ1) is 13.5. The molecule has 0 aliphatic rings. The van der Waals surface area contributed by atoms with Crippen LogP contribution in [0, 0.1) is 0 Å². The van der Waals surface area contributed by atoms with Gasteiger partial charge in [0.15, 0.2) is 0 Å². The van der Waals surface area contributed by atoms with E-state index >= 15 is 0 Å². The maximum Gasteiger partial charge on any atom is 0.0444 e. The summed E-state index contributed by atoms with van der Waals surface area (Å²) < 4.78 is 0. The van der Waals surface area contributed by atoms with Gasteiger partial charge >= 0.3 is 0 Å². The van der Waals surface area contributed by atoms with Gasteiger partial charge in [0.05, 0.1) is 0 Å². The van der Waals surface area contributed by atoms with Gasteiger partial charge in [0.2, 0.25) is 0 Å². The first-order valence-corrected chi connectivity index (χ1v) is 6.45. The van der Waals surface area contributed by atoms with Crippen LogP contribution in [0.2, 0.25) is 0 Å². The molecule has 1 unspecified atom stereocenters. The van der Waals surface area contributed by atoms with Gasteiger partial charge < -0.3 is 11.5 Å². The first-order chi connectivity index (χ1) is 9.12. The molecule has 2 heteroatoms. The Balaban J connectivity index is 2.52. The molecule has 19 heavy (non-hydrogen) atoms. The second-order valence-corrected chi connectivity index (χ2v) is 5.00. The summed E-state index contributed by atoms with van der Waals surface area (Å²) in [6.45, 7) is 2.36. The summed E-state index contributed by atoms with van der Waals surface area (Å²) in [7, 11) is 0. The van der Waals surface area contributed by atoms with E-state index in [-0.39, 0.29) is 0 Å². The number of hydrogen-bond donors (Lipinski definition) is 2. The summed E-state index contributed by atoms with van der Waals surface area (Å²) in [4.78, 5) is 0.